The summed E-state index contributed by atoms with van der Waals surface area (Å²) in [6, 6.07) is 9.23. The van der Waals surface area contributed by atoms with E-state index in [0.717, 1.165) is 29.0 Å². The van der Waals surface area contributed by atoms with Gasteiger partial charge in [0.2, 0.25) is 11.7 Å². The number of nitrogens with one attached hydrogen (secondary N) is 2. The summed E-state index contributed by atoms with van der Waals surface area (Å²) in [5, 5.41) is 9.55. The van der Waals surface area contributed by atoms with Crippen molar-refractivity contribution in [2.75, 3.05) is 26.1 Å². The average Bonchev–Trinajstić information content (AvgIpc) is 3.18. The first-order valence-corrected chi connectivity index (χ1v) is 14.0. The molecule has 1 aromatic heterocycles. The molecule has 0 radical (unpaired) electrons. The van der Waals surface area contributed by atoms with Crippen molar-refractivity contribution in [1.82, 2.24) is 20.2 Å². The maximum atomic E-state index is 15.1. The molecule has 0 aliphatic carbocycles. The maximum absolute atomic E-state index is 15.1. The Morgan fingerprint density at radius 2 is 1.81 bits per heavy atom. The highest BCUT2D eigenvalue weighted by atomic mass is 19.2. The standard InChI is InChI=1S/C31H35F2N5O4/c1-6-18-8-9-20-19(10-14-24(41-5)28(20)34-18)22-12-15-25(39)38(35-22)16-7-17-42-23-13-11-21(26(32)27(23)33)29-31(2,3)30(40)36-37(29)4/h8-15,18,29,34H,6-7,16-17H2,1-5H3,(H,36,40). The Kier molecular flexibility index (Phi) is 8.05. The first kappa shape index (κ1) is 29.2. The molecule has 9 nitrogen and oxygen atoms in total. The van der Waals surface area contributed by atoms with Crippen molar-refractivity contribution in [3.8, 4) is 22.8 Å². The second kappa shape index (κ2) is 11.6. The fourth-order valence-electron chi connectivity index (χ4n) is 5.59. The van der Waals surface area contributed by atoms with Crippen molar-refractivity contribution < 1.29 is 23.0 Å². The molecule has 2 unspecified atom stereocenters. The molecule has 0 bridgehead atoms. The number of carbonyl (C=O) groups is 1. The van der Waals surface area contributed by atoms with Crippen LogP contribution in [0, 0.1) is 17.0 Å². The number of hydrogen-bond donors (Lipinski definition) is 2. The number of nitrogens with zero attached hydrogens (tertiary/aromatic N) is 3. The van der Waals surface area contributed by atoms with Gasteiger partial charge in [-0.3, -0.25) is 15.0 Å². The zero-order valence-electron chi connectivity index (χ0n) is 24.3. The van der Waals surface area contributed by atoms with E-state index >= 15 is 4.39 Å². The molecule has 42 heavy (non-hydrogen) atoms. The number of hydrazine groups is 1. The van der Waals surface area contributed by atoms with Crippen molar-refractivity contribution >= 4 is 17.7 Å². The molecule has 2 atom stereocenters. The van der Waals surface area contributed by atoms with Crippen LogP contribution in [0.4, 0.5) is 14.5 Å². The van der Waals surface area contributed by atoms with E-state index < -0.39 is 23.1 Å². The van der Waals surface area contributed by atoms with Crippen LogP contribution in [0.5, 0.6) is 11.5 Å². The summed E-state index contributed by atoms with van der Waals surface area (Å²) < 4.78 is 42.5. The number of fused-ring (bicyclic) bond motifs is 1. The number of aryl methyl sites for hydroxylation is 1. The number of benzene rings is 2. The molecule has 2 aliphatic rings. The fraction of sp³-hybridized carbons (Fsp3) is 0.387. The molecule has 2 aliphatic heterocycles. The zero-order valence-corrected chi connectivity index (χ0v) is 24.3. The molecular weight excluding hydrogens is 544 g/mol. The third kappa shape index (κ3) is 5.24. The van der Waals surface area contributed by atoms with E-state index in [2.05, 4.69) is 28.8 Å². The fourth-order valence-corrected chi connectivity index (χ4v) is 5.59. The molecule has 222 valence electrons. The maximum Gasteiger partial charge on any atom is 0.266 e. The van der Waals surface area contributed by atoms with Gasteiger partial charge in [0.15, 0.2) is 11.6 Å². The largest absolute Gasteiger partial charge is 0.495 e. The third-order valence-electron chi connectivity index (χ3n) is 7.91. The Bertz CT molecular complexity index is 1600. The summed E-state index contributed by atoms with van der Waals surface area (Å²) >= 11 is 0. The van der Waals surface area contributed by atoms with Crippen LogP contribution >= 0.6 is 0 Å². The number of ether oxygens (including phenoxy) is 2. The molecule has 3 aromatic rings. The third-order valence-corrected chi connectivity index (χ3v) is 7.91. The second-order valence-electron chi connectivity index (χ2n) is 11.1. The van der Waals surface area contributed by atoms with Crippen LogP contribution in [-0.4, -0.2) is 47.5 Å². The van der Waals surface area contributed by atoms with Crippen molar-refractivity contribution in [3.63, 3.8) is 0 Å². The number of rotatable bonds is 9. The highest BCUT2D eigenvalue weighted by Crippen LogP contribution is 2.43. The summed E-state index contributed by atoms with van der Waals surface area (Å²) in [6.45, 7) is 5.71. The van der Waals surface area contributed by atoms with E-state index in [1.165, 1.54) is 27.9 Å². The van der Waals surface area contributed by atoms with Gasteiger partial charge < -0.3 is 14.8 Å². The molecular formula is C31H35F2N5O4. The van der Waals surface area contributed by atoms with E-state index in [9.17, 15) is 14.0 Å². The lowest BCUT2D eigenvalue weighted by atomic mass is 9.81. The summed E-state index contributed by atoms with van der Waals surface area (Å²) in [5.74, 6) is -1.96. The number of anilines is 1. The lowest BCUT2D eigenvalue weighted by Gasteiger charge is -2.28. The van der Waals surface area contributed by atoms with Gasteiger partial charge in [0, 0.05) is 48.8 Å². The van der Waals surface area contributed by atoms with Gasteiger partial charge in [-0.25, -0.2) is 14.1 Å². The van der Waals surface area contributed by atoms with Crippen LogP contribution in [0.2, 0.25) is 0 Å². The van der Waals surface area contributed by atoms with E-state index in [1.54, 1.807) is 34.1 Å². The Hall–Kier alpha value is -4.25. The SMILES string of the molecule is CCC1C=Cc2c(-c3ccc(=O)n(CCCOc4ccc(C5N(C)NC(=O)C5(C)C)c(F)c4F)n3)ccc(OC)c2N1. The molecule has 0 saturated carbocycles. The summed E-state index contributed by atoms with van der Waals surface area (Å²) in [6.07, 6.45) is 5.39. The summed E-state index contributed by atoms with van der Waals surface area (Å²) in [4.78, 5) is 24.8. The van der Waals surface area contributed by atoms with Crippen LogP contribution < -0.4 is 25.8 Å². The van der Waals surface area contributed by atoms with Crippen LogP contribution in [0.25, 0.3) is 17.3 Å². The van der Waals surface area contributed by atoms with Crippen LogP contribution in [0.1, 0.15) is 50.8 Å². The van der Waals surface area contributed by atoms with E-state index in [0.29, 0.717) is 12.1 Å². The zero-order chi connectivity index (χ0) is 30.2. The predicted octanol–water partition coefficient (Wildman–Crippen LogP) is 4.93. The van der Waals surface area contributed by atoms with Crippen molar-refractivity contribution in [2.24, 2.45) is 5.41 Å². The molecule has 1 fully saturated rings. The highest BCUT2D eigenvalue weighted by molar-refractivity contribution is 5.87. The smallest absolute Gasteiger partial charge is 0.266 e. The molecule has 1 amide bonds. The lowest BCUT2D eigenvalue weighted by molar-refractivity contribution is -0.126. The Labute approximate surface area is 243 Å². The minimum absolute atomic E-state index is 0.0336. The van der Waals surface area contributed by atoms with E-state index in [4.69, 9.17) is 9.47 Å². The van der Waals surface area contributed by atoms with Crippen molar-refractivity contribution in [3.05, 3.63) is 75.6 Å². The highest BCUT2D eigenvalue weighted by Gasteiger charge is 2.48. The summed E-state index contributed by atoms with van der Waals surface area (Å²) in [7, 11) is 3.24. The molecule has 11 heteroatoms. The Morgan fingerprint density at radius 3 is 2.50 bits per heavy atom. The summed E-state index contributed by atoms with van der Waals surface area (Å²) in [5.41, 5.74) is 4.74. The van der Waals surface area contributed by atoms with Crippen LogP contribution in [0.15, 0.2) is 47.3 Å². The van der Waals surface area contributed by atoms with Gasteiger partial charge in [-0.1, -0.05) is 25.1 Å². The average molecular weight is 580 g/mol. The number of aromatic nitrogens is 2. The normalized spacial score (nSPS) is 19.3. The number of amides is 1. The molecule has 0 spiro atoms. The van der Waals surface area contributed by atoms with E-state index in [-0.39, 0.29) is 42.0 Å². The number of halogens is 2. The van der Waals surface area contributed by atoms with Gasteiger partial charge in [-0.05, 0) is 44.5 Å². The van der Waals surface area contributed by atoms with Gasteiger partial charge in [0.1, 0.15) is 5.75 Å². The van der Waals surface area contributed by atoms with Gasteiger partial charge in [-0.2, -0.15) is 9.49 Å². The first-order chi connectivity index (χ1) is 20.1. The van der Waals surface area contributed by atoms with Crippen LogP contribution in [-0.2, 0) is 11.3 Å². The van der Waals surface area contributed by atoms with E-state index in [1.807, 2.05) is 18.2 Å². The Balaban J connectivity index is 1.29. The number of methoxy groups -OCH3 is 1. The topological polar surface area (TPSA) is 97.7 Å². The Morgan fingerprint density at radius 1 is 1.05 bits per heavy atom. The van der Waals surface area contributed by atoms with Crippen molar-refractivity contribution in [2.45, 2.75) is 52.2 Å². The monoisotopic (exact) mass is 579 g/mol. The quantitative estimate of drug-likeness (QED) is 0.347. The van der Waals surface area contributed by atoms with Crippen molar-refractivity contribution in [1.29, 1.82) is 0 Å². The molecule has 2 aromatic carbocycles. The number of hydrogen-bond acceptors (Lipinski definition) is 7. The van der Waals surface area contributed by atoms with Gasteiger partial charge in [-0.15, -0.1) is 0 Å². The molecule has 3 heterocycles. The minimum Gasteiger partial charge on any atom is -0.495 e. The minimum atomic E-state index is -1.12. The molecule has 1 saturated heterocycles. The van der Waals surface area contributed by atoms with Crippen LogP contribution in [0.3, 0.4) is 0 Å². The number of carbonyl (C=O) groups excluding carboxylic acids is 1. The second-order valence-corrected chi connectivity index (χ2v) is 11.1. The molecule has 5 rings (SSSR count). The molecule has 2 N–H and O–H groups in total. The van der Waals surface area contributed by atoms with Gasteiger partial charge in [0.05, 0.1) is 36.6 Å². The predicted molar refractivity (Wildman–Crippen MR) is 156 cm³/mol. The first-order valence-electron chi connectivity index (χ1n) is 14.0. The van der Waals surface area contributed by atoms with Gasteiger partial charge in [0.25, 0.3) is 5.56 Å². The van der Waals surface area contributed by atoms with Gasteiger partial charge >= 0.3 is 0 Å². The lowest BCUT2D eigenvalue weighted by Crippen LogP contribution is -2.31.